The second kappa shape index (κ2) is 12.8. The molecule has 156 valence electrons. The van der Waals surface area contributed by atoms with Gasteiger partial charge in [-0.2, -0.15) is 5.26 Å². The van der Waals surface area contributed by atoms with Crippen molar-refractivity contribution < 1.29 is 23.8 Å². The van der Waals surface area contributed by atoms with E-state index in [4.69, 9.17) is 19.5 Å². The number of esters is 2. The minimum Gasteiger partial charge on any atom is -0.494 e. The first-order chi connectivity index (χ1) is 14.6. The Labute approximate surface area is 176 Å². The molecule has 0 saturated carbocycles. The number of hydrogen-bond donors (Lipinski definition) is 0. The molecule has 0 amide bonds. The van der Waals surface area contributed by atoms with Crippen LogP contribution in [0.15, 0.2) is 61.2 Å². The molecule has 0 aliphatic rings. The largest absolute Gasteiger partial charge is 0.494 e. The number of carbonyl (C=O) groups excluding carboxylic acids is 2. The van der Waals surface area contributed by atoms with Crippen molar-refractivity contribution in [3.63, 3.8) is 0 Å². The van der Waals surface area contributed by atoms with E-state index < -0.39 is 5.97 Å². The van der Waals surface area contributed by atoms with Crippen LogP contribution in [-0.4, -0.2) is 25.2 Å². The van der Waals surface area contributed by atoms with Crippen molar-refractivity contribution in [3.8, 4) is 17.6 Å². The highest BCUT2D eigenvalue weighted by molar-refractivity contribution is 5.91. The Morgan fingerprint density at radius 3 is 2.10 bits per heavy atom. The number of ether oxygens (including phenoxy) is 3. The van der Waals surface area contributed by atoms with E-state index >= 15 is 0 Å². The number of benzene rings is 2. The van der Waals surface area contributed by atoms with Crippen LogP contribution < -0.4 is 9.47 Å². The first-order valence-electron chi connectivity index (χ1n) is 9.87. The zero-order valence-corrected chi connectivity index (χ0v) is 16.8. The number of unbranched alkanes of at least 4 members (excludes halogenated alkanes) is 4. The van der Waals surface area contributed by atoms with Crippen LogP contribution in [0.2, 0.25) is 0 Å². The summed E-state index contributed by atoms with van der Waals surface area (Å²) in [4.78, 5) is 23.1. The fourth-order valence-electron chi connectivity index (χ4n) is 2.61. The third-order valence-electron chi connectivity index (χ3n) is 4.25. The number of nitrogens with zero attached hydrogens (tertiary/aromatic N) is 1. The van der Waals surface area contributed by atoms with Crippen molar-refractivity contribution in [2.75, 3.05) is 13.2 Å². The average Bonchev–Trinajstić information content (AvgIpc) is 2.78. The maximum atomic E-state index is 12.2. The zero-order valence-electron chi connectivity index (χ0n) is 16.8. The number of hydrogen-bond acceptors (Lipinski definition) is 6. The van der Waals surface area contributed by atoms with Crippen molar-refractivity contribution in [1.82, 2.24) is 0 Å². The Bertz CT molecular complexity index is 866. The fraction of sp³-hybridized carbons (Fsp3) is 0.292. The second-order valence-corrected chi connectivity index (χ2v) is 6.54. The van der Waals surface area contributed by atoms with E-state index in [2.05, 4.69) is 6.58 Å². The lowest BCUT2D eigenvalue weighted by atomic mass is 10.1. The average molecular weight is 407 g/mol. The molecule has 2 rings (SSSR count). The summed E-state index contributed by atoms with van der Waals surface area (Å²) in [5, 5.41) is 8.79. The number of nitriles is 1. The number of rotatable bonds is 12. The lowest BCUT2D eigenvalue weighted by Crippen LogP contribution is -2.08. The van der Waals surface area contributed by atoms with E-state index in [9.17, 15) is 9.59 Å². The number of carbonyl (C=O) groups is 2. The van der Waals surface area contributed by atoms with Gasteiger partial charge < -0.3 is 14.2 Å². The van der Waals surface area contributed by atoms with Gasteiger partial charge in [0.25, 0.3) is 0 Å². The van der Waals surface area contributed by atoms with Gasteiger partial charge in [0.05, 0.1) is 30.4 Å². The third-order valence-corrected chi connectivity index (χ3v) is 4.25. The van der Waals surface area contributed by atoms with E-state index in [1.807, 2.05) is 6.07 Å². The minimum atomic E-state index is -0.468. The first-order valence-corrected chi connectivity index (χ1v) is 9.87. The predicted molar refractivity (Wildman–Crippen MR) is 112 cm³/mol. The summed E-state index contributed by atoms with van der Waals surface area (Å²) >= 11 is 0. The second-order valence-electron chi connectivity index (χ2n) is 6.54. The normalized spacial score (nSPS) is 9.97. The van der Waals surface area contributed by atoms with Gasteiger partial charge in [-0.25, -0.2) is 9.59 Å². The van der Waals surface area contributed by atoms with E-state index in [1.165, 1.54) is 6.08 Å². The summed E-state index contributed by atoms with van der Waals surface area (Å²) in [6, 6.07) is 15.2. The molecule has 0 saturated heterocycles. The molecular weight excluding hydrogens is 382 g/mol. The van der Waals surface area contributed by atoms with Gasteiger partial charge in [-0.15, -0.1) is 0 Å². The lowest BCUT2D eigenvalue weighted by Gasteiger charge is -2.08. The summed E-state index contributed by atoms with van der Waals surface area (Å²) in [6.07, 6.45) is 6.03. The zero-order chi connectivity index (χ0) is 21.6. The highest BCUT2D eigenvalue weighted by atomic mass is 16.5. The van der Waals surface area contributed by atoms with Crippen molar-refractivity contribution >= 4 is 11.9 Å². The molecule has 0 aromatic heterocycles. The van der Waals surface area contributed by atoms with Gasteiger partial charge in [-0.05, 0) is 61.4 Å². The molecule has 0 N–H and O–H groups in total. The van der Waals surface area contributed by atoms with Crippen LogP contribution in [0, 0.1) is 11.3 Å². The minimum absolute atomic E-state index is 0.378. The molecule has 6 heteroatoms. The van der Waals surface area contributed by atoms with Crippen LogP contribution in [0.1, 0.15) is 48.0 Å². The van der Waals surface area contributed by atoms with E-state index in [-0.39, 0.29) is 5.97 Å². The molecule has 0 heterocycles. The molecule has 2 aromatic carbocycles. The monoisotopic (exact) mass is 407 g/mol. The smallest absolute Gasteiger partial charge is 0.343 e. The van der Waals surface area contributed by atoms with Crippen molar-refractivity contribution in [3.05, 3.63) is 72.3 Å². The fourth-order valence-corrected chi connectivity index (χ4v) is 2.61. The maximum Gasteiger partial charge on any atom is 0.343 e. The van der Waals surface area contributed by atoms with Crippen molar-refractivity contribution in [2.45, 2.75) is 32.1 Å². The molecular formula is C24H25NO5. The van der Waals surface area contributed by atoms with Gasteiger partial charge >= 0.3 is 11.9 Å². The Morgan fingerprint density at radius 1 is 0.867 bits per heavy atom. The Morgan fingerprint density at radius 2 is 1.47 bits per heavy atom. The standard InChI is InChI=1S/C24H25NO5/c1-2-23(26)29-17-7-5-3-4-6-16-28-21-14-10-20(11-15-21)24(27)30-22-12-8-19(18-25)9-13-22/h2,8-15H,1,3-7,16-17H2. The Kier molecular flexibility index (Phi) is 9.67. The maximum absolute atomic E-state index is 12.2. The molecule has 2 aromatic rings. The van der Waals surface area contributed by atoms with Gasteiger partial charge in [-0.3, -0.25) is 0 Å². The topological polar surface area (TPSA) is 85.6 Å². The summed E-state index contributed by atoms with van der Waals surface area (Å²) in [5.74, 6) is 0.237. The summed E-state index contributed by atoms with van der Waals surface area (Å²) in [6.45, 7) is 4.38. The molecule has 6 nitrogen and oxygen atoms in total. The summed E-state index contributed by atoms with van der Waals surface area (Å²) in [5.41, 5.74) is 0.925. The third kappa shape index (κ3) is 8.19. The van der Waals surface area contributed by atoms with Crippen LogP contribution in [-0.2, 0) is 9.53 Å². The molecule has 0 spiro atoms. The first kappa shape index (κ1) is 22.7. The van der Waals surface area contributed by atoms with Crippen LogP contribution in [0.4, 0.5) is 0 Å². The van der Waals surface area contributed by atoms with Crippen LogP contribution in [0.25, 0.3) is 0 Å². The van der Waals surface area contributed by atoms with Crippen LogP contribution >= 0.6 is 0 Å². The Balaban J connectivity index is 1.62. The van der Waals surface area contributed by atoms with Crippen molar-refractivity contribution in [1.29, 1.82) is 5.26 Å². The van der Waals surface area contributed by atoms with E-state index in [1.54, 1.807) is 48.5 Å². The lowest BCUT2D eigenvalue weighted by molar-refractivity contribution is -0.137. The molecule has 30 heavy (non-hydrogen) atoms. The molecule has 0 atom stereocenters. The van der Waals surface area contributed by atoms with Gasteiger partial charge in [-0.1, -0.05) is 25.8 Å². The molecule has 0 fully saturated rings. The molecule has 0 bridgehead atoms. The van der Waals surface area contributed by atoms with Gasteiger partial charge in [0.15, 0.2) is 0 Å². The van der Waals surface area contributed by atoms with Gasteiger partial charge in [0, 0.05) is 6.08 Å². The molecule has 0 aliphatic heterocycles. The highest BCUT2D eigenvalue weighted by Crippen LogP contribution is 2.17. The highest BCUT2D eigenvalue weighted by Gasteiger charge is 2.09. The van der Waals surface area contributed by atoms with Crippen LogP contribution in [0.5, 0.6) is 11.5 Å². The quantitative estimate of drug-likeness (QED) is 0.217. The van der Waals surface area contributed by atoms with Gasteiger partial charge in [0.2, 0.25) is 0 Å². The Hall–Kier alpha value is -3.59. The predicted octanol–water partition coefficient (Wildman–Crippen LogP) is 4.84. The molecule has 0 aliphatic carbocycles. The SMILES string of the molecule is C=CC(=O)OCCCCCCCOc1ccc(C(=O)Oc2ccc(C#N)cc2)cc1. The summed E-state index contributed by atoms with van der Waals surface area (Å²) < 4.78 is 15.9. The van der Waals surface area contributed by atoms with Crippen LogP contribution in [0.3, 0.4) is 0 Å². The van der Waals surface area contributed by atoms with E-state index in [0.717, 1.165) is 32.1 Å². The van der Waals surface area contributed by atoms with Gasteiger partial charge in [0.1, 0.15) is 11.5 Å². The van der Waals surface area contributed by atoms with Crippen molar-refractivity contribution in [2.24, 2.45) is 0 Å². The summed E-state index contributed by atoms with van der Waals surface area (Å²) in [7, 11) is 0. The molecule has 0 radical (unpaired) electrons. The van der Waals surface area contributed by atoms with E-state index in [0.29, 0.717) is 35.8 Å². The molecule has 0 unspecified atom stereocenters.